The first-order chi connectivity index (χ1) is 21.7. The fraction of sp³-hybridized carbons (Fsp3) is 0.0233. The predicted octanol–water partition coefficient (Wildman–Crippen LogP) is 10.3. The van der Waals surface area contributed by atoms with Crippen LogP contribution in [0.5, 0.6) is 0 Å². The van der Waals surface area contributed by atoms with Crippen LogP contribution in [0.2, 0.25) is 0 Å². The molecule has 1 aliphatic rings. The molecular weight excluding hydrogens is 549 g/mol. The monoisotopic (exact) mass is 578 g/mol. The Labute approximate surface area is 261 Å². The Morgan fingerprint density at radius 1 is 0.500 bits per heavy atom. The van der Waals surface area contributed by atoms with Gasteiger partial charge >= 0.3 is 0 Å². The lowest BCUT2D eigenvalue weighted by Crippen LogP contribution is -2.30. The Bertz CT molecular complexity index is 2410. The topological polar surface area (TPSA) is 0 Å². The van der Waals surface area contributed by atoms with Gasteiger partial charge in [0.25, 0.3) is 0 Å². The van der Waals surface area contributed by atoms with E-state index in [2.05, 4.69) is 164 Å². The van der Waals surface area contributed by atoms with Crippen LogP contribution in [-0.4, -0.2) is 0 Å². The molecule has 7 aromatic rings. The number of fused-ring (bicyclic) bond motifs is 5. The van der Waals surface area contributed by atoms with Crippen LogP contribution in [0.1, 0.15) is 17.5 Å². The third-order valence-corrected chi connectivity index (χ3v) is 9.84. The van der Waals surface area contributed by atoms with E-state index in [9.17, 15) is 0 Å². The van der Waals surface area contributed by atoms with Gasteiger partial charge in [0.1, 0.15) is 0 Å². The molecule has 1 aliphatic carbocycles. The van der Waals surface area contributed by atoms with Crippen molar-refractivity contribution < 1.29 is 0 Å². The molecule has 0 unspecified atom stereocenters. The van der Waals surface area contributed by atoms with Crippen LogP contribution in [0.3, 0.4) is 0 Å². The van der Waals surface area contributed by atoms with Crippen molar-refractivity contribution in [3.63, 3.8) is 0 Å². The molecule has 0 nitrogen and oxygen atoms in total. The SMILES string of the molecule is C=C1/C=C\C=C/C/C(c2ccc(-c3ccc4sc5ccccc5c4c3)cc2)=c2/ccccc2=C1c1ccc2ccccc2c1. The van der Waals surface area contributed by atoms with Crippen molar-refractivity contribution in [3.05, 3.63) is 191 Å². The van der Waals surface area contributed by atoms with Crippen molar-refractivity contribution in [2.75, 3.05) is 0 Å². The highest BCUT2D eigenvalue weighted by atomic mass is 32.1. The van der Waals surface area contributed by atoms with E-state index in [1.54, 1.807) is 0 Å². The third-order valence-electron chi connectivity index (χ3n) is 8.69. The largest absolute Gasteiger partial charge is 0.135 e. The molecule has 8 rings (SSSR count). The van der Waals surface area contributed by atoms with E-state index in [0.717, 1.165) is 12.0 Å². The molecule has 0 aliphatic heterocycles. The second kappa shape index (κ2) is 11.1. The molecule has 0 saturated carbocycles. The molecule has 0 atom stereocenters. The van der Waals surface area contributed by atoms with Gasteiger partial charge in [0.2, 0.25) is 0 Å². The Kier molecular flexibility index (Phi) is 6.67. The summed E-state index contributed by atoms with van der Waals surface area (Å²) < 4.78 is 2.67. The second-order valence-electron chi connectivity index (χ2n) is 11.4. The standard InChI is InChI=1S/C43H30S/c1-29-11-3-2-4-14-36(37-15-7-8-17-39(37)43(29)35-24-21-30-12-5-6-13-33(30)27-35)32-22-19-31(20-23-32)34-25-26-42-40(28-34)38-16-9-10-18-41(38)44-42/h2-13,15-28H,1,14H2/b4-2-,11-3-,37-36+,43-39?. The number of hydrogen-bond donors (Lipinski definition) is 0. The van der Waals surface area contributed by atoms with Gasteiger partial charge in [0.15, 0.2) is 0 Å². The molecule has 6 aromatic carbocycles. The minimum atomic E-state index is 0.838. The van der Waals surface area contributed by atoms with Gasteiger partial charge in [0, 0.05) is 20.2 Å². The molecule has 1 heteroatoms. The van der Waals surface area contributed by atoms with Gasteiger partial charge in [0.05, 0.1) is 0 Å². The third kappa shape index (κ3) is 4.72. The van der Waals surface area contributed by atoms with Gasteiger partial charge in [-0.05, 0) is 90.9 Å². The Morgan fingerprint density at radius 3 is 2.07 bits per heavy atom. The fourth-order valence-corrected chi connectivity index (χ4v) is 7.58. The fourth-order valence-electron chi connectivity index (χ4n) is 6.50. The van der Waals surface area contributed by atoms with Gasteiger partial charge in [-0.3, -0.25) is 0 Å². The Balaban J connectivity index is 1.30. The van der Waals surface area contributed by atoms with Crippen LogP contribution in [0, 0.1) is 0 Å². The summed E-state index contributed by atoms with van der Waals surface area (Å²) in [7, 11) is 0. The molecule has 0 amide bonds. The minimum Gasteiger partial charge on any atom is -0.135 e. The maximum absolute atomic E-state index is 4.54. The van der Waals surface area contributed by atoms with Gasteiger partial charge in [-0.1, -0.05) is 140 Å². The maximum Gasteiger partial charge on any atom is 0.0355 e. The summed E-state index contributed by atoms with van der Waals surface area (Å²) in [6.07, 6.45) is 9.48. The van der Waals surface area contributed by atoms with Crippen molar-refractivity contribution in [2.45, 2.75) is 6.42 Å². The molecular formula is C43H30S. The highest BCUT2D eigenvalue weighted by Crippen LogP contribution is 2.36. The second-order valence-corrected chi connectivity index (χ2v) is 12.4. The number of allylic oxidation sites excluding steroid dienone is 5. The zero-order chi connectivity index (χ0) is 29.5. The molecule has 0 fully saturated rings. The number of rotatable bonds is 3. The lowest BCUT2D eigenvalue weighted by atomic mass is 9.90. The van der Waals surface area contributed by atoms with E-state index in [0.29, 0.717) is 0 Å². The van der Waals surface area contributed by atoms with Crippen molar-refractivity contribution >= 4 is 53.4 Å². The van der Waals surface area contributed by atoms with Gasteiger partial charge in [-0.25, -0.2) is 0 Å². The smallest absolute Gasteiger partial charge is 0.0355 e. The van der Waals surface area contributed by atoms with Crippen molar-refractivity contribution in [3.8, 4) is 11.1 Å². The van der Waals surface area contributed by atoms with E-state index in [-0.39, 0.29) is 0 Å². The first-order valence-corrected chi connectivity index (χ1v) is 15.9. The Morgan fingerprint density at radius 2 is 1.18 bits per heavy atom. The van der Waals surface area contributed by atoms with Gasteiger partial charge in [-0.2, -0.15) is 0 Å². The average Bonchev–Trinajstić information content (AvgIpc) is 3.45. The summed E-state index contributed by atoms with van der Waals surface area (Å²) >= 11 is 1.86. The number of benzene rings is 6. The molecule has 1 heterocycles. The molecule has 208 valence electrons. The van der Waals surface area contributed by atoms with E-state index >= 15 is 0 Å². The van der Waals surface area contributed by atoms with E-state index in [1.807, 2.05) is 11.3 Å². The van der Waals surface area contributed by atoms with Crippen molar-refractivity contribution in [2.24, 2.45) is 0 Å². The first-order valence-electron chi connectivity index (χ1n) is 15.1. The van der Waals surface area contributed by atoms with Crippen LogP contribution in [0.4, 0.5) is 0 Å². The van der Waals surface area contributed by atoms with Crippen LogP contribution in [-0.2, 0) is 0 Å². The molecule has 1 aromatic heterocycles. The molecule has 0 bridgehead atoms. The quantitative estimate of drug-likeness (QED) is 0.196. The highest BCUT2D eigenvalue weighted by Gasteiger charge is 2.12. The first kappa shape index (κ1) is 26.4. The number of hydrogen-bond acceptors (Lipinski definition) is 1. The van der Waals surface area contributed by atoms with Crippen LogP contribution in [0.15, 0.2) is 170 Å². The normalized spacial score (nSPS) is 16.3. The van der Waals surface area contributed by atoms with Crippen molar-refractivity contribution in [1.82, 2.24) is 0 Å². The zero-order valence-electron chi connectivity index (χ0n) is 24.3. The summed E-state index contributed by atoms with van der Waals surface area (Å²) in [5.74, 6) is 0. The molecule has 0 N–H and O–H groups in total. The van der Waals surface area contributed by atoms with Gasteiger partial charge in [-0.15, -0.1) is 11.3 Å². The summed E-state index contributed by atoms with van der Waals surface area (Å²) in [5.41, 5.74) is 8.38. The lowest BCUT2D eigenvalue weighted by molar-refractivity contribution is 1.32. The molecule has 0 spiro atoms. The number of thiophene rings is 1. The van der Waals surface area contributed by atoms with Crippen molar-refractivity contribution in [1.29, 1.82) is 0 Å². The van der Waals surface area contributed by atoms with Crippen LogP contribution in [0.25, 0.3) is 53.2 Å². The predicted molar refractivity (Wildman–Crippen MR) is 191 cm³/mol. The highest BCUT2D eigenvalue weighted by molar-refractivity contribution is 7.25. The van der Waals surface area contributed by atoms with Gasteiger partial charge < -0.3 is 0 Å². The lowest BCUT2D eigenvalue weighted by Gasteiger charge is -2.14. The van der Waals surface area contributed by atoms with Crippen LogP contribution < -0.4 is 10.4 Å². The molecule has 44 heavy (non-hydrogen) atoms. The van der Waals surface area contributed by atoms with E-state index < -0.39 is 0 Å². The van der Waals surface area contributed by atoms with E-state index in [1.165, 1.54) is 74.8 Å². The minimum absolute atomic E-state index is 0.838. The van der Waals surface area contributed by atoms with Crippen LogP contribution >= 0.6 is 11.3 Å². The zero-order valence-corrected chi connectivity index (χ0v) is 25.2. The molecule has 0 radical (unpaired) electrons. The summed E-state index contributed by atoms with van der Waals surface area (Å²) in [6, 6.07) is 48.8. The summed E-state index contributed by atoms with van der Waals surface area (Å²) in [4.78, 5) is 0. The maximum atomic E-state index is 4.54. The Hall–Kier alpha value is -5.24. The summed E-state index contributed by atoms with van der Waals surface area (Å²) in [6.45, 7) is 4.54. The van der Waals surface area contributed by atoms with E-state index in [4.69, 9.17) is 0 Å². The summed E-state index contributed by atoms with van der Waals surface area (Å²) in [5, 5.41) is 7.60. The average molecular weight is 579 g/mol. The molecule has 0 saturated heterocycles.